The molecule has 0 radical (unpaired) electrons. The number of halogens is 2. The molecule has 246 valence electrons. The quantitative estimate of drug-likeness (QED) is 0.177. The Labute approximate surface area is 289 Å². The van der Waals surface area contributed by atoms with E-state index in [2.05, 4.69) is 91.4 Å². The highest BCUT2D eigenvalue weighted by Gasteiger charge is 2.36. The van der Waals surface area contributed by atoms with Crippen LogP contribution in [-0.2, 0) is 12.8 Å². The Hall–Kier alpha value is -3.42. The lowest BCUT2D eigenvalue weighted by Crippen LogP contribution is -2.38. The van der Waals surface area contributed by atoms with Crippen LogP contribution in [0.2, 0.25) is 10.0 Å². The minimum Gasteiger partial charge on any atom is -0.350 e. The number of hydrogen-bond acceptors (Lipinski definition) is 4. The molecule has 4 aromatic rings. The number of carbonyl (C=O) groups excluding carboxylic acids is 1. The van der Waals surface area contributed by atoms with E-state index in [-0.39, 0.29) is 17.9 Å². The smallest absolute Gasteiger partial charge is 0.270 e. The molecule has 1 saturated heterocycles. The molecule has 1 N–H and O–H groups in total. The molecule has 3 heterocycles. The lowest BCUT2D eigenvalue weighted by molar-refractivity contribution is 0.0775. The lowest BCUT2D eigenvalue weighted by Gasteiger charge is -2.31. The van der Waals surface area contributed by atoms with Gasteiger partial charge in [-0.05, 0) is 113 Å². The number of amides is 1. The first-order valence-electron chi connectivity index (χ1n) is 16.7. The van der Waals surface area contributed by atoms with Crippen LogP contribution < -0.4 is 0 Å². The number of dihydropyridines is 1. The van der Waals surface area contributed by atoms with Crippen molar-refractivity contribution in [2.75, 3.05) is 47.3 Å². The minimum atomic E-state index is 0.0337. The largest absolute Gasteiger partial charge is 0.350 e. The number of H-pyrrole nitrogens is 1. The van der Waals surface area contributed by atoms with Crippen molar-refractivity contribution in [1.82, 2.24) is 19.7 Å². The van der Waals surface area contributed by atoms with Crippen LogP contribution in [0.25, 0.3) is 16.5 Å². The number of aliphatic imine (C=N–C) groups is 1. The van der Waals surface area contributed by atoms with Crippen molar-refractivity contribution in [3.05, 3.63) is 111 Å². The fraction of sp³-hybridized carbons (Fsp3) is 0.385. The van der Waals surface area contributed by atoms with Gasteiger partial charge in [0.25, 0.3) is 5.91 Å². The first kappa shape index (κ1) is 33.5. The number of fused-ring (bicyclic) bond motifs is 1. The monoisotopic (exact) mass is 669 g/mol. The Bertz CT molecular complexity index is 1760. The van der Waals surface area contributed by atoms with Gasteiger partial charge in [0.1, 0.15) is 5.69 Å². The number of hydrogen-bond donors (Lipinski definition) is 1. The summed E-state index contributed by atoms with van der Waals surface area (Å²) < 4.78 is 0. The van der Waals surface area contributed by atoms with E-state index < -0.39 is 0 Å². The van der Waals surface area contributed by atoms with Crippen LogP contribution in [0.5, 0.6) is 0 Å². The molecule has 3 aromatic carbocycles. The van der Waals surface area contributed by atoms with Gasteiger partial charge < -0.3 is 19.7 Å². The summed E-state index contributed by atoms with van der Waals surface area (Å²) in [7, 11) is 6.41. The van der Waals surface area contributed by atoms with Crippen molar-refractivity contribution in [2.24, 2.45) is 10.9 Å². The van der Waals surface area contributed by atoms with Crippen LogP contribution in [0.3, 0.4) is 0 Å². The predicted octanol–water partition coefficient (Wildman–Crippen LogP) is 7.90. The predicted molar refractivity (Wildman–Crippen MR) is 197 cm³/mol. The lowest BCUT2D eigenvalue weighted by atomic mass is 9.77. The summed E-state index contributed by atoms with van der Waals surface area (Å²) in [5, 5.41) is 2.36. The molecule has 6 rings (SSSR count). The summed E-state index contributed by atoms with van der Waals surface area (Å²) in [5.74, 6) is 0.114. The molecule has 2 aliphatic rings. The average Bonchev–Trinajstić information content (AvgIpc) is 3.69. The summed E-state index contributed by atoms with van der Waals surface area (Å²) in [5.41, 5.74) is 7.20. The third-order valence-corrected chi connectivity index (χ3v) is 10.3. The Balaban J connectivity index is 1.43. The molecule has 6 nitrogen and oxygen atoms in total. The van der Waals surface area contributed by atoms with Crippen LogP contribution in [0.1, 0.15) is 46.9 Å². The second-order valence-corrected chi connectivity index (χ2v) is 14.3. The Morgan fingerprint density at radius 1 is 0.957 bits per heavy atom. The number of allylic oxidation sites excluding steroid dienone is 1. The van der Waals surface area contributed by atoms with Gasteiger partial charge in [-0.25, -0.2) is 0 Å². The van der Waals surface area contributed by atoms with Crippen molar-refractivity contribution in [2.45, 2.75) is 44.7 Å². The Morgan fingerprint density at radius 2 is 1.70 bits per heavy atom. The molecule has 0 aliphatic carbocycles. The average molecular weight is 671 g/mol. The van der Waals surface area contributed by atoms with E-state index >= 15 is 0 Å². The first-order chi connectivity index (χ1) is 22.7. The summed E-state index contributed by atoms with van der Waals surface area (Å²) >= 11 is 12.8. The molecule has 1 fully saturated rings. The number of aromatic amines is 1. The fourth-order valence-corrected chi connectivity index (χ4v) is 7.48. The van der Waals surface area contributed by atoms with Gasteiger partial charge in [0.15, 0.2) is 0 Å². The zero-order chi connectivity index (χ0) is 33.1. The molecule has 3 atom stereocenters. The standard InChI is InChI=1S/C39H45Cl2N5O/c1-26-34(22-27-9-6-5-7-10-27)36(29(24-42-26)21-28-11-13-30(40)14-12-28)37-33-16-15-31(41)23-35(33)43-38(37)39(47)46-20-17-32(25-46)45(4)19-8-18-44(2)3/h5-7,9-16,23-24,26,32,34,43H,8,17-22,25H2,1-4H3. The van der Waals surface area contributed by atoms with E-state index in [1.54, 1.807) is 0 Å². The number of likely N-dealkylation sites (tertiary alicyclic amines) is 1. The van der Waals surface area contributed by atoms with Crippen LogP contribution in [0.15, 0.2) is 83.4 Å². The minimum absolute atomic E-state index is 0.0337. The summed E-state index contributed by atoms with van der Waals surface area (Å²) in [6, 6.07) is 24.9. The van der Waals surface area contributed by atoms with E-state index in [4.69, 9.17) is 28.2 Å². The molecule has 3 unspecified atom stereocenters. The third-order valence-electron chi connectivity index (χ3n) is 9.80. The van der Waals surface area contributed by atoms with Gasteiger partial charge in [-0.2, -0.15) is 0 Å². The van der Waals surface area contributed by atoms with Gasteiger partial charge in [0, 0.05) is 57.8 Å². The van der Waals surface area contributed by atoms with Gasteiger partial charge in [-0.3, -0.25) is 9.79 Å². The van der Waals surface area contributed by atoms with E-state index in [0.29, 0.717) is 28.2 Å². The van der Waals surface area contributed by atoms with Crippen molar-refractivity contribution in [3.63, 3.8) is 0 Å². The topological polar surface area (TPSA) is 54.9 Å². The van der Waals surface area contributed by atoms with Crippen molar-refractivity contribution >= 4 is 51.8 Å². The molecule has 47 heavy (non-hydrogen) atoms. The molecule has 1 amide bonds. The number of rotatable bonds is 11. The van der Waals surface area contributed by atoms with Crippen LogP contribution in [0.4, 0.5) is 0 Å². The SMILES string of the molecule is CC1N=CC(Cc2ccc(Cl)cc2)=C(c2c(C(=O)N3CCC(N(C)CCCN(C)C)C3)[nH]c3cc(Cl)ccc23)C1Cc1ccccc1. The molecule has 8 heteroatoms. The highest BCUT2D eigenvalue weighted by Crippen LogP contribution is 2.42. The number of carbonyl (C=O) groups is 1. The maximum absolute atomic E-state index is 14.7. The van der Waals surface area contributed by atoms with E-state index in [0.717, 1.165) is 73.0 Å². The van der Waals surface area contributed by atoms with Gasteiger partial charge in [0.2, 0.25) is 0 Å². The van der Waals surface area contributed by atoms with Crippen LogP contribution in [0, 0.1) is 5.92 Å². The van der Waals surface area contributed by atoms with Gasteiger partial charge in [-0.1, -0.05) is 71.7 Å². The molecule has 0 spiro atoms. The van der Waals surface area contributed by atoms with E-state index in [1.165, 1.54) is 11.1 Å². The van der Waals surface area contributed by atoms with Gasteiger partial charge in [0.05, 0.1) is 6.04 Å². The van der Waals surface area contributed by atoms with Crippen LogP contribution in [-0.4, -0.2) is 91.2 Å². The third kappa shape index (κ3) is 7.68. The molecule has 0 saturated carbocycles. The molecular formula is C39H45Cl2N5O. The van der Waals surface area contributed by atoms with Gasteiger partial charge in [-0.15, -0.1) is 0 Å². The molecule has 1 aromatic heterocycles. The van der Waals surface area contributed by atoms with Gasteiger partial charge >= 0.3 is 0 Å². The second-order valence-electron chi connectivity index (χ2n) is 13.5. The van der Waals surface area contributed by atoms with E-state index in [1.807, 2.05) is 35.4 Å². The highest BCUT2D eigenvalue weighted by molar-refractivity contribution is 6.31. The highest BCUT2D eigenvalue weighted by atomic mass is 35.5. The molecule has 2 aliphatic heterocycles. The number of benzene rings is 3. The van der Waals surface area contributed by atoms with Crippen molar-refractivity contribution in [3.8, 4) is 0 Å². The zero-order valence-corrected chi connectivity index (χ0v) is 29.4. The molecular weight excluding hydrogens is 625 g/mol. The normalized spacial score (nSPS) is 19.9. The summed E-state index contributed by atoms with van der Waals surface area (Å²) in [4.78, 5) is 29.9. The van der Waals surface area contributed by atoms with E-state index in [9.17, 15) is 4.79 Å². The van der Waals surface area contributed by atoms with Crippen molar-refractivity contribution in [1.29, 1.82) is 0 Å². The zero-order valence-electron chi connectivity index (χ0n) is 27.8. The number of nitrogens with one attached hydrogen (secondary N) is 1. The summed E-state index contributed by atoms with van der Waals surface area (Å²) in [6.45, 7) is 5.71. The Morgan fingerprint density at radius 3 is 2.45 bits per heavy atom. The number of aromatic nitrogens is 1. The van der Waals surface area contributed by atoms with Crippen LogP contribution >= 0.6 is 23.2 Å². The summed E-state index contributed by atoms with van der Waals surface area (Å²) in [6.07, 6.45) is 5.61. The molecule has 0 bridgehead atoms. The van der Waals surface area contributed by atoms with Crippen molar-refractivity contribution < 1.29 is 4.79 Å². The maximum Gasteiger partial charge on any atom is 0.270 e. The number of nitrogens with zero attached hydrogens (tertiary/aromatic N) is 4. The maximum atomic E-state index is 14.7. The first-order valence-corrected chi connectivity index (χ1v) is 17.4. The number of likely N-dealkylation sites (N-methyl/N-ethyl adjacent to an activating group) is 1. The second kappa shape index (κ2) is 14.8. The Kier molecular flexibility index (Phi) is 10.5. The fourth-order valence-electron chi connectivity index (χ4n) is 7.18.